The van der Waals surface area contributed by atoms with Crippen LogP contribution in [-0.2, 0) is 0 Å². The Morgan fingerprint density at radius 1 is 1.17 bits per heavy atom. The average molecular weight is 394 g/mol. The van der Waals surface area contributed by atoms with Gasteiger partial charge in [-0.2, -0.15) is 0 Å². The molecule has 0 spiro atoms. The molecule has 1 aromatic heterocycles. The lowest BCUT2D eigenvalue weighted by atomic mass is 10.0. The Balaban J connectivity index is 1.71. The number of aromatic amines is 1. The third-order valence-electron chi connectivity index (χ3n) is 5.40. The highest BCUT2D eigenvalue weighted by molar-refractivity contribution is 6.01. The predicted molar refractivity (Wildman–Crippen MR) is 127 cm³/mol. The topological polar surface area (TPSA) is 54.0 Å². The molecule has 0 saturated heterocycles. The quantitative estimate of drug-likeness (QED) is 0.607. The van der Waals surface area contributed by atoms with Crippen LogP contribution in [-0.4, -0.2) is 37.3 Å². The third-order valence-corrected chi connectivity index (χ3v) is 5.40. The summed E-state index contributed by atoms with van der Waals surface area (Å²) in [6, 6.07) is 14.5. The minimum Gasteiger partial charge on any atom is -0.496 e. The first-order valence-corrected chi connectivity index (χ1v) is 10.0. The summed E-state index contributed by atoms with van der Waals surface area (Å²) in [7, 11) is 7.80. The van der Waals surface area contributed by atoms with Gasteiger partial charge >= 0.3 is 7.98 Å². The second kappa shape index (κ2) is 8.60. The van der Waals surface area contributed by atoms with Crippen molar-refractivity contribution in [3.05, 3.63) is 82.8 Å². The zero-order valence-electron chi connectivity index (χ0n) is 17.4. The summed E-state index contributed by atoms with van der Waals surface area (Å²) in [4.78, 5) is 3.55. The van der Waals surface area contributed by atoms with Gasteiger partial charge in [-0.1, -0.05) is 36.4 Å². The number of methoxy groups -OCH3 is 1. The van der Waals surface area contributed by atoms with Crippen LogP contribution in [0, 0.1) is 6.92 Å². The molecule has 148 valence electrons. The maximum absolute atomic E-state index is 6.09. The molecule has 0 bridgehead atoms. The second-order valence-electron chi connectivity index (χ2n) is 7.34. The van der Waals surface area contributed by atoms with E-state index in [4.69, 9.17) is 18.5 Å². The van der Waals surface area contributed by atoms with Crippen LogP contribution in [0.2, 0.25) is 0 Å². The number of nitrogens with two attached hydrogens (primary N) is 1. The zero-order valence-corrected chi connectivity index (χ0v) is 17.4. The minimum atomic E-state index is 0.558. The Kier molecular flexibility index (Phi) is 5.73. The Morgan fingerprint density at radius 3 is 2.67 bits per heavy atom. The number of aromatic nitrogens is 1. The van der Waals surface area contributed by atoms with Crippen molar-refractivity contribution in [2.24, 2.45) is 5.73 Å². The zero-order chi connectivity index (χ0) is 21.1. The van der Waals surface area contributed by atoms with Crippen LogP contribution in [0.1, 0.15) is 28.9 Å². The van der Waals surface area contributed by atoms with Gasteiger partial charge in [-0.3, -0.25) is 4.49 Å². The van der Waals surface area contributed by atoms with E-state index >= 15 is 0 Å². The van der Waals surface area contributed by atoms with Crippen molar-refractivity contribution in [2.75, 3.05) is 13.7 Å². The van der Waals surface area contributed by atoms with Crippen molar-refractivity contribution >= 4 is 42.7 Å². The number of H-pyrrole nitrogens is 1. The van der Waals surface area contributed by atoms with E-state index < -0.39 is 0 Å². The molecule has 0 saturated carbocycles. The summed E-state index contributed by atoms with van der Waals surface area (Å²) in [5, 5.41) is 2.26. The lowest BCUT2D eigenvalue weighted by Crippen LogP contribution is -2.09. The number of hydrogen-bond donors (Lipinski definition) is 2. The van der Waals surface area contributed by atoms with E-state index in [1.807, 2.05) is 36.6 Å². The van der Waals surface area contributed by atoms with E-state index in [1.165, 1.54) is 5.56 Å². The van der Waals surface area contributed by atoms with E-state index in [0.717, 1.165) is 51.2 Å². The van der Waals surface area contributed by atoms with Gasteiger partial charge in [0.25, 0.3) is 0 Å². The third kappa shape index (κ3) is 3.76. The first-order chi connectivity index (χ1) is 14.6. The number of benzene rings is 2. The molecular formula is C25H25BN3O+. The molecule has 0 atom stereocenters. The van der Waals surface area contributed by atoms with Crippen LogP contribution in [0.15, 0.2) is 60.3 Å². The molecule has 1 aliphatic rings. The number of fused-ring (bicyclic) bond motifs is 1. The molecule has 4 rings (SSSR count). The van der Waals surface area contributed by atoms with Gasteiger partial charge in [0.05, 0.1) is 12.8 Å². The molecule has 0 aliphatic carbocycles. The van der Waals surface area contributed by atoms with Crippen LogP contribution in [0.3, 0.4) is 0 Å². The van der Waals surface area contributed by atoms with Gasteiger partial charge in [0.15, 0.2) is 5.70 Å². The molecule has 2 radical (unpaired) electrons. The van der Waals surface area contributed by atoms with Crippen molar-refractivity contribution in [3.63, 3.8) is 0 Å². The van der Waals surface area contributed by atoms with Crippen molar-refractivity contribution < 1.29 is 9.22 Å². The maximum atomic E-state index is 6.09. The summed E-state index contributed by atoms with van der Waals surface area (Å²) in [5.41, 5.74) is 12.4. The average Bonchev–Trinajstić information content (AvgIpc) is 3.35. The fourth-order valence-corrected chi connectivity index (χ4v) is 3.96. The molecule has 1 aliphatic heterocycles. The van der Waals surface area contributed by atoms with Crippen LogP contribution in [0.5, 0.6) is 5.75 Å². The Morgan fingerprint density at radius 2 is 1.97 bits per heavy atom. The van der Waals surface area contributed by atoms with Gasteiger partial charge in [0.1, 0.15) is 12.0 Å². The summed E-state index contributed by atoms with van der Waals surface area (Å²) in [6.45, 7) is 2.66. The molecule has 2 aromatic carbocycles. The molecule has 0 amide bonds. The smallest absolute Gasteiger partial charge is 0.496 e. The summed E-state index contributed by atoms with van der Waals surface area (Å²) >= 11 is 0. The van der Waals surface area contributed by atoms with Gasteiger partial charge in [0, 0.05) is 28.8 Å². The second-order valence-corrected chi connectivity index (χ2v) is 7.34. The van der Waals surface area contributed by atoms with E-state index in [-0.39, 0.29) is 0 Å². The van der Waals surface area contributed by atoms with E-state index in [0.29, 0.717) is 6.54 Å². The predicted octanol–water partition coefficient (Wildman–Crippen LogP) is 4.45. The van der Waals surface area contributed by atoms with Crippen molar-refractivity contribution in [1.29, 1.82) is 0 Å². The molecule has 5 heteroatoms. The van der Waals surface area contributed by atoms with Gasteiger partial charge in [-0.15, -0.1) is 0 Å². The standard InChI is InChI=1S/C25H25BN3O/c1-17-16-19(28-25(17)22(13-14-27)23-8-5-15-29(23)26)11-9-18-10-12-24(30-2)21-7-4-3-6-20(18)21/h3-12,15-16,28H,13-14,27H2,1-2H3/q+1/b11-9+. The number of allylic oxidation sites excluding steroid dienone is 2. The van der Waals surface area contributed by atoms with Gasteiger partial charge in [-0.05, 0) is 54.6 Å². The van der Waals surface area contributed by atoms with Gasteiger partial charge in [-0.25, -0.2) is 0 Å². The Labute approximate surface area is 178 Å². The van der Waals surface area contributed by atoms with Crippen LogP contribution >= 0.6 is 0 Å². The van der Waals surface area contributed by atoms with Crippen molar-refractivity contribution in [1.82, 2.24) is 4.98 Å². The summed E-state index contributed by atoms with van der Waals surface area (Å²) < 4.78 is 7.15. The molecule has 3 N–H and O–H groups in total. The molecule has 2 heterocycles. The van der Waals surface area contributed by atoms with Crippen molar-refractivity contribution in [2.45, 2.75) is 13.3 Å². The van der Waals surface area contributed by atoms with Crippen LogP contribution < -0.4 is 10.5 Å². The number of aryl methyl sites for hydroxylation is 1. The van der Waals surface area contributed by atoms with E-state index in [1.54, 1.807) is 11.6 Å². The fraction of sp³-hybridized carbons (Fsp3) is 0.160. The molecule has 0 unspecified atom stereocenters. The SMILES string of the molecule is [B][N+]1=CC=CC1=C(CCN)c1[nH]c(/C=C/c2ccc(OC)c3ccccc23)cc1C. The molecule has 30 heavy (non-hydrogen) atoms. The number of ether oxygens (including phenoxy) is 1. The lowest BCUT2D eigenvalue weighted by molar-refractivity contribution is -0.294. The number of rotatable bonds is 6. The summed E-state index contributed by atoms with van der Waals surface area (Å²) in [5.74, 6) is 0.881. The Bertz CT molecular complexity index is 1210. The van der Waals surface area contributed by atoms with Crippen molar-refractivity contribution in [3.8, 4) is 5.75 Å². The molecular weight excluding hydrogens is 369 g/mol. The van der Waals surface area contributed by atoms with E-state index in [2.05, 4.69) is 48.3 Å². The molecule has 3 aromatic rings. The Hall–Kier alpha value is -3.31. The number of nitrogens with zero attached hydrogens (tertiary/aromatic N) is 1. The normalized spacial score (nSPS) is 15.2. The highest BCUT2D eigenvalue weighted by Gasteiger charge is 2.20. The fourth-order valence-electron chi connectivity index (χ4n) is 3.96. The first-order valence-electron chi connectivity index (χ1n) is 10.0. The van der Waals surface area contributed by atoms with E-state index in [9.17, 15) is 0 Å². The monoisotopic (exact) mass is 394 g/mol. The highest BCUT2D eigenvalue weighted by Crippen LogP contribution is 2.30. The maximum Gasteiger partial charge on any atom is 0.586 e. The minimum absolute atomic E-state index is 0.558. The largest absolute Gasteiger partial charge is 0.586 e. The lowest BCUT2D eigenvalue weighted by Gasteiger charge is -2.08. The van der Waals surface area contributed by atoms with Gasteiger partial charge < -0.3 is 15.5 Å². The molecule has 4 nitrogen and oxygen atoms in total. The van der Waals surface area contributed by atoms with Gasteiger partial charge in [0.2, 0.25) is 0 Å². The van der Waals surface area contributed by atoms with Crippen LogP contribution in [0.4, 0.5) is 0 Å². The highest BCUT2D eigenvalue weighted by atomic mass is 16.5. The summed E-state index contributed by atoms with van der Waals surface area (Å²) in [6.07, 6.45) is 10.8. The number of hydrogen-bond acceptors (Lipinski definition) is 2. The first kappa shape index (κ1) is 20.0. The number of nitrogens with one attached hydrogen (secondary N) is 1. The van der Waals surface area contributed by atoms with Crippen LogP contribution in [0.25, 0.3) is 28.5 Å². The molecule has 0 fully saturated rings.